The highest BCUT2D eigenvalue weighted by Gasteiger charge is 2.59. The fraction of sp³-hybridized carbons (Fsp3) is 0.769. The van der Waals surface area contributed by atoms with Gasteiger partial charge in [-0.05, 0) is 66.6 Å². The SMILES string of the molecule is C=C1C2=C(C=CC34C[C@@H](CC[C@@H]13)[C@](C)(O)C4)C(C)(C)[C@@H](O[C@@H]1O[C@H](CO)[C@H](O)[C@H](O)[C@H]1O)C2. The van der Waals surface area contributed by atoms with Crippen molar-refractivity contribution in [3.8, 4) is 0 Å². The van der Waals surface area contributed by atoms with Gasteiger partial charge >= 0.3 is 0 Å². The zero-order valence-electron chi connectivity index (χ0n) is 19.8. The van der Waals surface area contributed by atoms with Crippen LogP contribution < -0.4 is 0 Å². The van der Waals surface area contributed by atoms with E-state index in [1.165, 1.54) is 5.57 Å². The van der Waals surface area contributed by atoms with Crippen molar-refractivity contribution in [3.63, 3.8) is 0 Å². The molecule has 0 radical (unpaired) electrons. The lowest BCUT2D eigenvalue weighted by Gasteiger charge is -2.42. The summed E-state index contributed by atoms with van der Waals surface area (Å²) in [6, 6.07) is 0. The molecule has 3 fully saturated rings. The average molecular weight is 463 g/mol. The highest BCUT2D eigenvalue weighted by Crippen LogP contribution is 2.64. The van der Waals surface area contributed by atoms with Crippen molar-refractivity contribution in [2.45, 2.75) is 95.3 Å². The fourth-order valence-electron chi connectivity index (χ4n) is 7.41. The van der Waals surface area contributed by atoms with Gasteiger partial charge in [0.25, 0.3) is 0 Å². The standard InChI is InChI=1S/C26H38O7/c1-13-15-9-19(33-23-22(30)21(29)20(28)18(11-27)32-23)24(2,3)17(15)7-8-26-10-14(5-6-16(13)26)25(4,31)12-26/h7-8,14,16,18-23,27-31H,1,5-6,9-12H2,2-4H3/t14-,16+,18-,19+,20+,21+,22-,23+,25-,26?/m1/s1. The van der Waals surface area contributed by atoms with Gasteiger partial charge in [0.1, 0.15) is 24.4 Å². The number of ether oxygens (including phenoxy) is 2. The van der Waals surface area contributed by atoms with Crippen molar-refractivity contribution in [3.05, 3.63) is 35.5 Å². The average Bonchev–Trinajstić information content (AvgIpc) is 3.06. The van der Waals surface area contributed by atoms with E-state index in [4.69, 9.17) is 9.47 Å². The highest BCUT2D eigenvalue weighted by molar-refractivity contribution is 5.52. The van der Waals surface area contributed by atoms with Gasteiger partial charge in [-0.3, -0.25) is 0 Å². The van der Waals surface area contributed by atoms with Crippen LogP contribution in [0, 0.1) is 22.7 Å². The Bertz CT molecular complexity index is 887. The first kappa shape index (κ1) is 23.7. The van der Waals surface area contributed by atoms with Gasteiger partial charge in [-0.15, -0.1) is 0 Å². The summed E-state index contributed by atoms with van der Waals surface area (Å²) in [5, 5.41) is 51.2. The quantitative estimate of drug-likeness (QED) is 0.432. The van der Waals surface area contributed by atoms with Crippen LogP contribution >= 0.6 is 0 Å². The number of allylic oxidation sites excluding steroid dienone is 3. The molecule has 2 saturated carbocycles. The lowest BCUT2D eigenvalue weighted by atomic mass is 9.64. The summed E-state index contributed by atoms with van der Waals surface area (Å²) in [4.78, 5) is 0. The molecule has 1 aliphatic heterocycles. The Hall–Kier alpha value is -1.06. The van der Waals surface area contributed by atoms with Crippen molar-refractivity contribution in [2.24, 2.45) is 22.7 Å². The summed E-state index contributed by atoms with van der Waals surface area (Å²) in [6.45, 7) is 10.2. The summed E-state index contributed by atoms with van der Waals surface area (Å²) < 4.78 is 11.8. The molecule has 5 aliphatic rings. The Morgan fingerprint density at radius 3 is 2.55 bits per heavy atom. The summed E-state index contributed by atoms with van der Waals surface area (Å²) >= 11 is 0. The van der Waals surface area contributed by atoms with Crippen LogP contribution in [0.4, 0.5) is 0 Å². The molecule has 5 N–H and O–H groups in total. The maximum atomic E-state index is 11.0. The molecule has 10 atom stereocenters. The minimum Gasteiger partial charge on any atom is -0.394 e. The first-order valence-electron chi connectivity index (χ1n) is 12.2. The Balaban J connectivity index is 1.41. The number of hydrogen-bond donors (Lipinski definition) is 5. The third-order valence-electron chi connectivity index (χ3n) is 9.44. The van der Waals surface area contributed by atoms with E-state index in [0.717, 1.165) is 36.8 Å². The van der Waals surface area contributed by atoms with Crippen LogP contribution in [0.25, 0.3) is 0 Å². The second-order valence-corrected chi connectivity index (χ2v) is 11.8. The fourth-order valence-corrected chi connectivity index (χ4v) is 7.41. The Morgan fingerprint density at radius 1 is 1.12 bits per heavy atom. The third-order valence-corrected chi connectivity index (χ3v) is 9.44. The van der Waals surface area contributed by atoms with Crippen LogP contribution in [0.2, 0.25) is 0 Å². The molecule has 184 valence electrons. The minimum atomic E-state index is -1.46. The van der Waals surface area contributed by atoms with Crippen LogP contribution in [-0.2, 0) is 9.47 Å². The Labute approximate surface area is 195 Å². The molecule has 1 spiro atoms. The van der Waals surface area contributed by atoms with Crippen molar-refractivity contribution in [1.29, 1.82) is 0 Å². The molecule has 0 aromatic rings. The molecule has 4 aliphatic carbocycles. The molecule has 33 heavy (non-hydrogen) atoms. The molecule has 1 heterocycles. The molecule has 7 heteroatoms. The number of fused-ring (bicyclic) bond motifs is 1. The second-order valence-electron chi connectivity index (χ2n) is 11.8. The van der Waals surface area contributed by atoms with Gasteiger partial charge in [0.2, 0.25) is 0 Å². The van der Waals surface area contributed by atoms with Crippen molar-refractivity contribution >= 4 is 0 Å². The Kier molecular flexibility index (Phi) is 5.54. The number of rotatable bonds is 3. The molecular formula is C26H38O7. The molecule has 5 rings (SSSR count). The van der Waals surface area contributed by atoms with Crippen molar-refractivity contribution in [1.82, 2.24) is 0 Å². The molecule has 7 nitrogen and oxygen atoms in total. The first-order valence-corrected chi connectivity index (χ1v) is 12.2. The van der Waals surface area contributed by atoms with Gasteiger partial charge in [0, 0.05) is 11.8 Å². The van der Waals surface area contributed by atoms with E-state index < -0.39 is 48.3 Å². The molecule has 0 aromatic carbocycles. The largest absolute Gasteiger partial charge is 0.394 e. The van der Waals surface area contributed by atoms with Gasteiger partial charge < -0.3 is 35.0 Å². The van der Waals surface area contributed by atoms with Crippen molar-refractivity contribution < 1.29 is 35.0 Å². The molecule has 2 bridgehead atoms. The summed E-state index contributed by atoms with van der Waals surface area (Å²) in [5.41, 5.74) is 2.36. The van der Waals surface area contributed by atoms with Crippen LogP contribution in [0.15, 0.2) is 35.5 Å². The number of aliphatic hydroxyl groups is 5. The van der Waals surface area contributed by atoms with Crippen LogP contribution in [0.3, 0.4) is 0 Å². The lowest BCUT2D eigenvalue weighted by Crippen LogP contribution is -2.60. The summed E-state index contributed by atoms with van der Waals surface area (Å²) in [7, 11) is 0. The second kappa shape index (κ2) is 7.72. The maximum absolute atomic E-state index is 11.0. The smallest absolute Gasteiger partial charge is 0.187 e. The predicted molar refractivity (Wildman–Crippen MR) is 121 cm³/mol. The lowest BCUT2D eigenvalue weighted by molar-refractivity contribution is -0.316. The molecule has 1 saturated heterocycles. The van der Waals surface area contributed by atoms with E-state index >= 15 is 0 Å². The van der Waals surface area contributed by atoms with Gasteiger partial charge in [-0.2, -0.15) is 0 Å². The number of aliphatic hydroxyl groups excluding tert-OH is 4. The summed E-state index contributed by atoms with van der Waals surface area (Å²) in [6.07, 6.45) is 2.13. The van der Waals surface area contributed by atoms with E-state index in [-0.39, 0.29) is 17.4 Å². The van der Waals surface area contributed by atoms with Crippen molar-refractivity contribution in [2.75, 3.05) is 6.61 Å². The third kappa shape index (κ3) is 3.43. The van der Waals surface area contributed by atoms with E-state index in [1.54, 1.807) is 0 Å². The van der Waals surface area contributed by atoms with Gasteiger partial charge in [-0.25, -0.2) is 0 Å². The normalized spacial score (nSPS) is 50.8. The van der Waals surface area contributed by atoms with Gasteiger partial charge in [-0.1, -0.05) is 32.6 Å². The molecule has 0 aromatic heterocycles. The zero-order valence-corrected chi connectivity index (χ0v) is 19.8. The first-order chi connectivity index (χ1) is 15.4. The predicted octanol–water partition coefficient (Wildman–Crippen LogP) is 1.58. The summed E-state index contributed by atoms with van der Waals surface area (Å²) in [5.74, 6) is 0.614. The Morgan fingerprint density at radius 2 is 1.85 bits per heavy atom. The van der Waals surface area contributed by atoms with Crippen LogP contribution in [0.1, 0.15) is 52.9 Å². The highest BCUT2D eigenvalue weighted by atomic mass is 16.7. The molecular weight excluding hydrogens is 424 g/mol. The van der Waals surface area contributed by atoms with E-state index in [1.807, 2.05) is 6.92 Å². The molecule has 1 unspecified atom stereocenters. The number of hydrogen-bond acceptors (Lipinski definition) is 7. The monoisotopic (exact) mass is 462 g/mol. The minimum absolute atomic E-state index is 0.0580. The zero-order chi connectivity index (χ0) is 23.9. The van der Waals surface area contributed by atoms with Crippen LogP contribution in [0.5, 0.6) is 0 Å². The van der Waals surface area contributed by atoms with Gasteiger partial charge in [0.15, 0.2) is 6.29 Å². The topological polar surface area (TPSA) is 120 Å². The van der Waals surface area contributed by atoms with E-state index in [0.29, 0.717) is 12.3 Å². The van der Waals surface area contributed by atoms with E-state index in [9.17, 15) is 25.5 Å². The molecule has 0 amide bonds. The van der Waals surface area contributed by atoms with Crippen LogP contribution in [-0.4, -0.2) is 74.6 Å². The maximum Gasteiger partial charge on any atom is 0.187 e. The van der Waals surface area contributed by atoms with E-state index in [2.05, 4.69) is 32.6 Å². The van der Waals surface area contributed by atoms with Gasteiger partial charge in [0.05, 0.1) is 18.3 Å².